The van der Waals surface area contributed by atoms with Crippen molar-refractivity contribution in [2.75, 3.05) is 13.1 Å². The summed E-state index contributed by atoms with van der Waals surface area (Å²) in [5.74, 6) is -3.04. The van der Waals surface area contributed by atoms with E-state index in [0.29, 0.717) is 25.9 Å². The van der Waals surface area contributed by atoms with Gasteiger partial charge < -0.3 is 5.32 Å². The lowest BCUT2D eigenvalue weighted by Crippen LogP contribution is -2.39. The van der Waals surface area contributed by atoms with Crippen LogP contribution in [0.1, 0.15) is 24.0 Å². The highest BCUT2D eigenvalue weighted by Gasteiger charge is 2.39. The van der Waals surface area contributed by atoms with Crippen LogP contribution in [0, 0.1) is 12.8 Å². The molecule has 0 aromatic heterocycles. The van der Waals surface area contributed by atoms with Gasteiger partial charge in [-0.1, -0.05) is 29.8 Å². The first-order chi connectivity index (χ1) is 8.08. The summed E-state index contributed by atoms with van der Waals surface area (Å²) in [4.78, 5) is 0. The smallest absolute Gasteiger partial charge is 0.254 e. The summed E-state index contributed by atoms with van der Waals surface area (Å²) in [7, 11) is 0. The maximum Gasteiger partial charge on any atom is 0.254 e. The standard InChI is InChI=1S/C14H19F2N/c1-11-2-4-12(5-3-11)10-14(15,16)13-6-8-17-9-7-13/h2-5,13,17H,6-10H2,1H3. The molecule has 0 unspecified atom stereocenters. The van der Waals surface area contributed by atoms with Crippen LogP contribution in [0.2, 0.25) is 0 Å². The van der Waals surface area contributed by atoms with Gasteiger partial charge in [0.2, 0.25) is 0 Å². The fourth-order valence-corrected chi connectivity index (χ4v) is 2.37. The number of hydrogen-bond acceptors (Lipinski definition) is 1. The van der Waals surface area contributed by atoms with Gasteiger partial charge in [-0.25, -0.2) is 8.78 Å². The molecule has 1 aromatic rings. The Morgan fingerprint density at radius 2 is 1.76 bits per heavy atom. The summed E-state index contributed by atoms with van der Waals surface area (Å²) in [6, 6.07) is 7.41. The number of rotatable bonds is 3. The van der Waals surface area contributed by atoms with Gasteiger partial charge in [-0.3, -0.25) is 0 Å². The molecule has 0 amide bonds. The lowest BCUT2D eigenvalue weighted by Gasteiger charge is -2.30. The Hall–Kier alpha value is -0.960. The van der Waals surface area contributed by atoms with E-state index in [1.807, 2.05) is 31.2 Å². The molecule has 1 fully saturated rings. The first-order valence-corrected chi connectivity index (χ1v) is 6.22. The molecule has 1 aromatic carbocycles. The molecule has 1 aliphatic heterocycles. The molecule has 94 valence electrons. The van der Waals surface area contributed by atoms with Crippen molar-refractivity contribution in [3.05, 3.63) is 35.4 Å². The molecule has 0 saturated carbocycles. The molecule has 17 heavy (non-hydrogen) atoms. The highest BCUT2D eigenvalue weighted by atomic mass is 19.3. The number of piperidine rings is 1. The van der Waals surface area contributed by atoms with Crippen molar-refractivity contribution in [2.24, 2.45) is 5.92 Å². The van der Waals surface area contributed by atoms with Crippen molar-refractivity contribution >= 4 is 0 Å². The average molecular weight is 239 g/mol. The quantitative estimate of drug-likeness (QED) is 0.854. The lowest BCUT2D eigenvalue weighted by atomic mass is 9.87. The number of aryl methyl sites for hydroxylation is 1. The number of benzene rings is 1. The zero-order valence-corrected chi connectivity index (χ0v) is 10.2. The van der Waals surface area contributed by atoms with Crippen molar-refractivity contribution in [3.63, 3.8) is 0 Å². The molecule has 0 spiro atoms. The van der Waals surface area contributed by atoms with Gasteiger partial charge in [-0.05, 0) is 38.4 Å². The predicted octanol–water partition coefficient (Wildman–Crippen LogP) is 3.17. The Morgan fingerprint density at radius 1 is 1.18 bits per heavy atom. The molecular formula is C14H19F2N. The molecular weight excluding hydrogens is 220 g/mol. The Kier molecular flexibility index (Phi) is 3.77. The Balaban J connectivity index is 2.02. The minimum atomic E-state index is -2.57. The van der Waals surface area contributed by atoms with Crippen molar-refractivity contribution in [1.82, 2.24) is 5.32 Å². The third-order valence-corrected chi connectivity index (χ3v) is 3.50. The number of nitrogens with one attached hydrogen (secondary N) is 1. The summed E-state index contributed by atoms with van der Waals surface area (Å²) in [5.41, 5.74) is 1.85. The predicted molar refractivity (Wildman–Crippen MR) is 65.4 cm³/mol. The first-order valence-electron chi connectivity index (χ1n) is 6.22. The molecule has 1 aliphatic rings. The van der Waals surface area contributed by atoms with Crippen LogP contribution in [0.15, 0.2) is 24.3 Å². The van der Waals surface area contributed by atoms with E-state index in [1.165, 1.54) is 0 Å². The molecule has 1 N–H and O–H groups in total. The second-order valence-electron chi connectivity index (χ2n) is 4.95. The van der Waals surface area contributed by atoms with Crippen LogP contribution in [0.25, 0.3) is 0 Å². The van der Waals surface area contributed by atoms with Gasteiger partial charge >= 0.3 is 0 Å². The van der Waals surface area contributed by atoms with Crippen LogP contribution in [0.4, 0.5) is 8.78 Å². The summed E-state index contributed by atoms with van der Waals surface area (Å²) in [6.45, 7) is 3.40. The Bertz CT molecular complexity index is 353. The minimum Gasteiger partial charge on any atom is -0.317 e. The highest BCUT2D eigenvalue weighted by molar-refractivity contribution is 5.22. The Morgan fingerprint density at radius 3 is 2.35 bits per heavy atom. The van der Waals surface area contributed by atoms with E-state index in [9.17, 15) is 8.78 Å². The fraction of sp³-hybridized carbons (Fsp3) is 0.571. The van der Waals surface area contributed by atoms with Crippen molar-refractivity contribution in [1.29, 1.82) is 0 Å². The molecule has 0 bridgehead atoms. The van der Waals surface area contributed by atoms with Gasteiger partial charge in [0.1, 0.15) is 0 Å². The molecule has 0 aliphatic carbocycles. The number of hydrogen-bond donors (Lipinski definition) is 1. The van der Waals surface area contributed by atoms with Crippen molar-refractivity contribution < 1.29 is 8.78 Å². The maximum atomic E-state index is 14.1. The number of alkyl halides is 2. The molecule has 1 saturated heterocycles. The maximum absolute atomic E-state index is 14.1. The molecule has 2 rings (SSSR count). The summed E-state index contributed by atoms with van der Waals surface area (Å²) in [6.07, 6.45) is 1.04. The van der Waals surface area contributed by atoms with E-state index in [0.717, 1.165) is 11.1 Å². The molecule has 1 nitrogen and oxygen atoms in total. The van der Waals surface area contributed by atoms with Crippen LogP contribution in [0.5, 0.6) is 0 Å². The van der Waals surface area contributed by atoms with E-state index in [-0.39, 0.29) is 6.42 Å². The lowest BCUT2D eigenvalue weighted by molar-refractivity contribution is -0.0675. The van der Waals surface area contributed by atoms with Gasteiger partial charge in [0.25, 0.3) is 5.92 Å². The molecule has 0 radical (unpaired) electrons. The van der Waals surface area contributed by atoms with Crippen molar-refractivity contribution in [2.45, 2.75) is 32.1 Å². The summed E-state index contributed by atoms with van der Waals surface area (Å²) < 4.78 is 28.1. The van der Waals surface area contributed by atoms with Gasteiger partial charge in [-0.2, -0.15) is 0 Å². The molecule has 0 atom stereocenters. The van der Waals surface area contributed by atoms with Gasteiger partial charge in [-0.15, -0.1) is 0 Å². The summed E-state index contributed by atoms with van der Waals surface area (Å²) in [5, 5.41) is 3.12. The van der Waals surface area contributed by atoms with Crippen LogP contribution < -0.4 is 5.32 Å². The van der Waals surface area contributed by atoms with E-state index in [2.05, 4.69) is 5.32 Å². The fourth-order valence-electron chi connectivity index (χ4n) is 2.37. The average Bonchev–Trinajstić information content (AvgIpc) is 2.33. The topological polar surface area (TPSA) is 12.0 Å². The second-order valence-corrected chi connectivity index (χ2v) is 4.95. The molecule has 3 heteroatoms. The third kappa shape index (κ3) is 3.25. The largest absolute Gasteiger partial charge is 0.317 e. The van der Waals surface area contributed by atoms with Crippen LogP contribution in [0.3, 0.4) is 0 Å². The van der Waals surface area contributed by atoms with Crippen molar-refractivity contribution in [3.8, 4) is 0 Å². The zero-order valence-electron chi connectivity index (χ0n) is 10.2. The van der Waals surface area contributed by atoms with Crippen LogP contribution in [-0.4, -0.2) is 19.0 Å². The van der Waals surface area contributed by atoms with Crippen LogP contribution >= 0.6 is 0 Å². The first kappa shape index (κ1) is 12.5. The molecule has 1 heterocycles. The van der Waals surface area contributed by atoms with Gasteiger partial charge in [0.15, 0.2) is 0 Å². The second kappa shape index (κ2) is 5.13. The van der Waals surface area contributed by atoms with E-state index in [4.69, 9.17) is 0 Å². The highest BCUT2D eigenvalue weighted by Crippen LogP contribution is 2.34. The normalized spacial score (nSPS) is 18.3. The number of halogens is 2. The van der Waals surface area contributed by atoms with E-state index in [1.54, 1.807) is 0 Å². The summed E-state index contributed by atoms with van der Waals surface area (Å²) >= 11 is 0. The SMILES string of the molecule is Cc1ccc(CC(F)(F)C2CCNCC2)cc1. The van der Waals surface area contributed by atoms with Gasteiger partial charge in [0.05, 0.1) is 0 Å². The van der Waals surface area contributed by atoms with Crippen LogP contribution in [-0.2, 0) is 6.42 Å². The minimum absolute atomic E-state index is 0.127. The zero-order chi connectivity index (χ0) is 12.3. The van der Waals surface area contributed by atoms with E-state index >= 15 is 0 Å². The van der Waals surface area contributed by atoms with E-state index < -0.39 is 11.8 Å². The third-order valence-electron chi connectivity index (χ3n) is 3.50. The monoisotopic (exact) mass is 239 g/mol. The Labute approximate surface area is 101 Å². The van der Waals surface area contributed by atoms with Gasteiger partial charge in [0, 0.05) is 12.3 Å².